The molecule has 122 valence electrons. The summed E-state index contributed by atoms with van der Waals surface area (Å²) in [6.45, 7) is 5.07. The van der Waals surface area contributed by atoms with E-state index in [2.05, 4.69) is 13.8 Å². The van der Waals surface area contributed by atoms with Gasteiger partial charge >= 0.3 is 0 Å². The van der Waals surface area contributed by atoms with Gasteiger partial charge in [-0.3, -0.25) is 4.79 Å². The van der Waals surface area contributed by atoms with E-state index in [4.69, 9.17) is 23.2 Å². The molecule has 0 saturated carbocycles. The fourth-order valence-corrected chi connectivity index (χ4v) is 4.72. The SMILES string of the molecule is CCCCC(CC)C(=O)N1CCSC1c1ccc(Cl)cc1Cl. The Morgan fingerprint density at radius 2 is 2.18 bits per heavy atom. The normalized spacial score (nSPS) is 19.5. The largest absolute Gasteiger partial charge is 0.325 e. The molecule has 1 amide bonds. The van der Waals surface area contributed by atoms with Gasteiger partial charge in [-0.1, -0.05) is 56.0 Å². The summed E-state index contributed by atoms with van der Waals surface area (Å²) >= 11 is 14.1. The van der Waals surface area contributed by atoms with Crippen LogP contribution in [-0.4, -0.2) is 23.1 Å². The second-order valence-corrected chi connectivity index (χ2v) is 7.70. The van der Waals surface area contributed by atoms with Gasteiger partial charge in [-0.15, -0.1) is 11.8 Å². The molecule has 2 unspecified atom stereocenters. The van der Waals surface area contributed by atoms with Crippen LogP contribution in [-0.2, 0) is 4.79 Å². The smallest absolute Gasteiger partial charge is 0.226 e. The van der Waals surface area contributed by atoms with Crippen molar-refractivity contribution >= 4 is 40.9 Å². The fraction of sp³-hybridized carbons (Fsp3) is 0.588. The first kappa shape index (κ1) is 18.0. The molecule has 1 aromatic rings. The van der Waals surface area contributed by atoms with E-state index in [1.165, 1.54) is 0 Å². The Balaban J connectivity index is 2.17. The Hall–Kier alpha value is -0.380. The van der Waals surface area contributed by atoms with E-state index in [0.29, 0.717) is 10.0 Å². The molecule has 1 saturated heterocycles. The van der Waals surface area contributed by atoms with Gasteiger partial charge in [-0.2, -0.15) is 0 Å². The van der Waals surface area contributed by atoms with Gasteiger partial charge in [-0.25, -0.2) is 0 Å². The van der Waals surface area contributed by atoms with Crippen LogP contribution in [0.3, 0.4) is 0 Å². The van der Waals surface area contributed by atoms with E-state index in [0.717, 1.165) is 43.5 Å². The molecule has 0 aromatic heterocycles. The maximum Gasteiger partial charge on any atom is 0.226 e. The molecular weight excluding hydrogens is 337 g/mol. The zero-order valence-electron chi connectivity index (χ0n) is 13.1. The number of nitrogens with zero attached hydrogens (tertiary/aromatic N) is 1. The van der Waals surface area contributed by atoms with E-state index in [-0.39, 0.29) is 17.2 Å². The lowest BCUT2D eigenvalue weighted by atomic mass is 9.97. The molecule has 0 radical (unpaired) electrons. The van der Waals surface area contributed by atoms with Crippen LogP contribution in [0.5, 0.6) is 0 Å². The second kappa shape index (κ2) is 8.47. The lowest BCUT2D eigenvalue weighted by Crippen LogP contribution is -2.35. The van der Waals surface area contributed by atoms with Gasteiger partial charge in [0.05, 0.1) is 0 Å². The maximum atomic E-state index is 12.9. The zero-order valence-corrected chi connectivity index (χ0v) is 15.5. The fourth-order valence-electron chi connectivity index (χ4n) is 2.84. The molecule has 1 heterocycles. The van der Waals surface area contributed by atoms with Crippen molar-refractivity contribution in [1.29, 1.82) is 0 Å². The van der Waals surface area contributed by atoms with Crippen molar-refractivity contribution in [3.63, 3.8) is 0 Å². The van der Waals surface area contributed by atoms with Crippen molar-refractivity contribution in [1.82, 2.24) is 4.90 Å². The van der Waals surface area contributed by atoms with Gasteiger partial charge in [0.1, 0.15) is 5.37 Å². The molecule has 2 rings (SSSR count). The molecule has 0 N–H and O–H groups in total. The van der Waals surface area contributed by atoms with Gasteiger partial charge in [-0.05, 0) is 25.0 Å². The molecule has 1 fully saturated rings. The highest BCUT2D eigenvalue weighted by atomic mass is 35.5. The van der Waals surface area contributed by atoms with Crippen molar-refractivity contribution in [3.8, 4) is 0 Å². The van der Waals surface area contributed by atoms with E-state index in [1.807, 2.05) is 17.0 Å². The minimum Gasteiger partial charge on any atom is -0.325 e. The van der Waals surface area contributed by atoms with Crippen LogP contribution in [0.15, 0.2) is 18.2 Å². The minimum atomic E-state index is 0.0212. The quantitative estimate of drug-likeness (QED) is 0.640. The van der Waals surface area contributed by atoms with Crippen molar-refractivity contribution in [2.75, 3.05) is 12.3 Å². The molecule has 0 aliphatic carbocycles. The van der Waals surface area contributed by atoms with Crippen molar-refractivity contribution < 1.29 is 4.79 Å². The topological polar surface area (TPSA) is 20.3 Å². The van der Waals surface area contributed by atoms with Crippen LogP contribution in [0.1, 0.15) is 50.5 Å². The van der Waals surface area contributed by atoms with Gasteiger partial charge < -0.3 is 4.90 Å². The molecule has 0 bridgehead atoms. The maximum absolute atomic E-state index is 12.9. The van der Waals surface area contributed by atoms with Gasteiger partial charge in [0.25, 0.3) is 0 Å². The number of carbonyl (C=O) groups excluding carboxylic acids is 1. The number of rotatable bonds is 6. The first-order valence-corrected chi connectivity index (χ1v) is 9.76. The first-order valence-electron chi connectivity index (χ1n) is 7.95. The Kier molecular flexibility index (Phi) is 6.91. The predicted molar refractivity (Wildman–Crippen MR) is 96.7 cm³/mol. The summed E-state index contributed by atoms with van der Waals surface area (Å²) in [7, 11) is 0. The van der Waals surface area contributed by atoms with Crippen LogP contribution >= 0.6 is 35.0 Å². The average molecular weight is 360 g/mol. The van der Waals surface area contributed by atoms with Crippen LogP contribution in [0.2, 0.25) is 10.0 Å². The van der Waals surface area contributed by atoms with Crippen molar-refractivity contribution in [2.45, 2.75) is 44.9 Å². The Morgan fingerprint density at radius 1 is 1.41 bits per heavy atom. The Labute approximate surface area is 147 Å². The average Bonchev–Trinajstić information content (AvgIpc) is 2.97. The van der Waals surface area contributed by atoms with Gasteiger partial charge in [0.2, 0.25) is 5.91 Å². The lowest BCUT2D eigenvalue weighted by Gasteiger charge is -2.28. The van der Waals surface area contributed by atoms with Crippen molar-refractivity contribution in [3.05, 3.63) is 33.8 Å². The Morgan fingerprint density at radius 3 is 2.82 bits per heavy atom. The molecule has 1 aliphatic heterocycles. The molecule has 2 atom stereocenters. The zero-order chi connectivity index (χ0) is 16.1. The molecule has 1 aromatic carbocycles. The highest BCUT2D eigenvalue weighted by Gasteiger charge is 2.34. The highest BCUT2D eigenvalue weighted by molar-refractivity contribution is 7.99. The first-order chi connectivity index (χ1) is 10.6. The molecule has 1 aliphatic rings. The number of unbranched alkanes of at least 4 members (excludes halogenated alkanes) is 1. The highest BCUT2D eigenvalue weighted by Crippen LogP contribution is 2.42. The van der Waals surface area contributed by atoms with Crippen LogP contribution in [0.4, 0.5) is 0 Å². The third-order valence-electron chi connectivity index (χ3n) is 4.15. The summed E-state index contributed by atoms with van der Waals surface area (Å²) < 4.78 is 0. The summed E-state index contributed by atoms with van der Waals surface area (Å²) in [6, 6.07) is 5.55. The summed E-state index contributed by atoms with van der Waals surface area (Å²) in [5, 5.41) is 1.29. The minimum absolute atomic E-state index is 0.0212. The molecule has 5 heteroatoms. The van der Waals surface area contributed by atoms with Crippen LogP contribution < -0.4 is 0 Å². The van der Waals surface area contributed by atoms with E-state index in [9.17, 15) is 4.79 Å². The number of thioether (sulfide) groups is 1. The number of benzene rings is 1. The van der Waals surface area contributed by atoms with Crippen molar-refractivity contribution in [2.24, 2.45) is 5.92 Å². The van der Waals surface area contributed by atoms with E-state index < -0.39 is 0 Å². The third kappa shape index (κ3) is 4.12. The number of hydrogen-bond donors (Lipinski definition) is 0. The summed E-state index contributed by atoms with van der Waals surface area (Å²) in [6.07, 6.45) is 4.12. The van der Waals surface area contributed by atoms with Crippen LogP contribution in [0.25, 0.3) is 0 Å². The summed E-state index contributed by atoms with van der Waals surface area (Å²) in [4.78, 5) is 14.9. The molecule has 0 spiro atoms. The number of amides is 1. The number of carbonyl (C=O) groups is 1. The van der Waals surface area contributed by atoms with Gasteiger partial charge in [0, 0.05) is 33.8 Å². The van der Waals surface area contributed by atoms with Crippen LogP contribution in [0, 0.1) is 5.92 Å². The van der Waals surface area contributed by atoms with Gasteiger partial charge in [0.15, 0.2) is 0 Å². The monoisotopic (exact) mass is 359 g/mol. The summed E-state index contributed by atoms with van der Waals surface area (Å²) in [5.74, 6) is 1.36. The lowest BCUT2D eigenvalue weighted by molar-refractivity contribution is -0.136. The summed E-state index contributed by atoms with van der Waals surface area (Å²) in [5.41, 5.74) is 0.993. The van der Waals surface area contributed by atoms with E-state index in [1.54, 1.807) is 17.8 Å². The Bertz CT molecular complexity index is 523. The molecule has 22 heavy (non-hydrogen) atoms. The predicted octanol–water partition coefficient (Wildman–Crippen LogP) is 5.78. The number of hydrogen-bond acceptors (Lipinski definition) is 2. The second-order valence-electron chi connectivity index (χ2n) is 5.67. The molecular formula is C17H23Cl2NOS. The standard InChI is InChI=1S/C17H23Cl2NOS/c1-3-5-6-12(4-2)16(21)20-9-10-22-17(20)14-8-7-13(18)11-15(14)19/h7-8,11-12,17H,3-6,9-10H2,1-2H3. The van der Waals surface area contributed by atoms with E-state index >= 15 is 0 Å². The molecule has 2 nitrogen and oxygen atoms in total. The third-order valence-corrected chi connectivity index (χ3v) is 5.96. The number of halogens is 2.